The van der Waals surface area contributed by atoms with Gasteiger partial charge in [-0.1, -0.05) is 31.0 Å². The minimum absolute atomic E-state index is 0.0371. The smallest absolute Gasteiger partial charge is 0.339 e. The van der Waals surface area contributed by atoms with E-state index >= 15 is 0 Å². The molecule has 5 heteroatoms. The van der Waals surface area contributed by atoms with Gasteiger partial charge in [0.2, 0.25) is 0 Å². The molecule has 1 aliphatic heterocycles. The van der Waals surface area contributed by atoms with Crippen LogP contribution < -0.4 is 0 Å². The molecule has 2 fully saturated rings. The summed E-state index contributed by atoms with van der Waals surface area (Å²) in [6.07, 6.45) is 9.83. The van der Waals surface area contributed by atoms with Crippen LogP contribution in [-0.4, -0.2) is 41.0 Å². The number of nitrogens with zero attached hydrogens (tertiary/aromatic N) is 2. The Morgan fingerprint density at radius 3 is 2.79 bits per heavy atom. The summed E-state index contributed by atoms with van der Waals surface area (Å²) in [6.45, 7) is 0.638. The number of pyridine rings is 1. The minimum atomic E-state index is -0.382. The van der Waals surface area contributed by atoms with Crippen LogP contribution in [0, 0.1) is 5.92 Å². The molecule has 0 unspecified atom stereocenters. The molecule has 5 nitrogen and oxygen atoms in total. The Hall–Kier alpha value is -2.43. The second kappa shape index (κ2) is 7.77. The highest BCUT2D eigenvalue weighted by Gasteiger charge is 2.36. The predicted octanol–water partition coefficient (Wildman–Crippen LogP) is 4.06. The summed E-state index contributed by atoms with van der Waals surface area (Å²) in [5.41, 5.74) is 3.45. The maximum Gasteiger partial charge on any atom is 0.339 e. The van der Waals surface area contributed by atoms with Crippen molar-refractivity contribution in [1.82, 2.24) is 9.88 Å². The van der Waals surface area contributed by atoms with Crippen molar-refractivity contribution in [2.24, 2.45) is 5.92 Å². The predicted molar refractivity (Wildman–Crippen MR) is 111 cm³/mol. The van der Waals surface area contributed by atoms with Crippen LogP contribution in [0.1, 0.15) is 66.6 Å². The van der Waals surface area contributed by atoms with Crippen LogP contribution in [-0.2, 0) is 22.4 Å². The quantitative estimate of drug-likeness (QED) is 0.739. The lowest BCUT2D eigenvalue weighted by atomic mass is 9.78. The topological polar surface area (TPSA) is 59.5 Å². The van der Waals surface area contributed by atoms with Crippen LogP contribution in [0.3, 0.4) is 0 Å². The van der Waals surface area contributed by atoms with E-state index in [1.165, 1.54) is 25.7 Å². The summed E-state index contributed by atoms with van der Waals surface area (Å²) >= 11 is 0. The van der Waals surface area contributed by atoms with Gasteiger partial charge in [-0.05, 0) is 62.5 Å². The van der Waals surface area contributed by atoms with Gasteiger partial charge in [0.15, 0.2) is 6.61 Å². The monoisotopic (exact) mass is 392 g/mol. The van der Waals surface area contributed by atoms with E-state index < -0.39 is 0 Å². The fraction of sp³-hybridized carbons (Fsp3) is 0.542. The molecule has 1 amide bonds. The fourth-order valence-electron chi connectivity index (χ4n) is 5.66. The number of rotatable bonds is 3. The van der Waals surface area contributed by atoms with Crippen molar-refractivity contribution in [3.05, 3.63) is 41.1 Å². The molecule has 1 aromatic heterocycles. The normalized spacial score (nSPS) is 23.5. The van der Waals surface area contributed by atoms with Crippen LogP contribution in [0.4, 0.5) is 0 Å². The Labute approximate surface area is 171 Å². The molecule has 3 aliphatic rings. The van der Waals surface area contributed by atoms with Crippen LogP contribution in [0.15, 0.2) is 24.3 Å². The maximum atomic E-state index is 13.1. The number of likely N-dealkylation sites (tertiary alicyclic amines) is 1. The summed E-state index contributed by atoms with van der Waals surface area (Å²) in [4.78, 5) is 32.7. The van der Waals surface area contributed by atoms with Crippen molar-refractivity contribution < 1.29 is 14.3 Å². The number of fused-ring (bicyclic) bond motifs is 3. The van der Waals surface area contributed by atoms with Crippen LogP contribution >= 0.6 is 0 Å². The standard InChI is InChI=1S/C24H28N2O3/c27-22(26-14-6-8-16-7-1-4-13-21(16)26)15-29-24(28)23-17-9-2-3-11-19(17)25-20-12-5-10-18(20)23/h2-3,9,11,16,21H,1,4-8,10,12-15H2/t16-,21+/m1/s1. The zero-order valence-electron chi connectivity index (χ0n) is 16.9. The second-order valence-electron chi connectivity index (χ2n) is 8.70. The highest BCUT2D eigenvalue weighted by molar-refractivity contribution is 6.05. The Morgan fingerprint density at radius 2 is 1.86 bits per heavy atom. The van der Waals surface area contributed by atoms with E-state index in [9.17, 15) is 9.59 Å². The highest BCUT2D eigenvalue weighted by Crippen LogP contribution is 2.35. The van der Waals surface area contributed by atoms with E-state index in [2.05, 4.69) is 0 Å². The van der Waals surface area contributed by atoms with E-state index in [0.717, 1.165) is 60.8 Å². The lowest BCUT2D eigenvalue weighted by molar-refractivity contribution is -0.140. The first kappa shape index (κ1) is 18.6. The Bertz CT molecular complexity index is 953. The molecule has 2 aliphatic carbocycles. The number of hydrogen-bond acceptors (Lipinski definition) is 4. The molecular weight excluding hydrogens is 364 g/mol. The van der Waals surface area contributed by atoms with E-state index in [4.69, 9.17) is 9.72 Å². The van der Waals surface area contributed by atoms with Gasteiger partial charge >= 0.3 is 5.97 Å². The summed E-state index contributed by atoms with van der Waals surface area (Å²) in [5, 5.41) is 0.830. The number of carbonyl (C=O) groups excluding carboxylic acids is 2. The number of hydrogen-bond donors (Lipinski definition) is 0. The number of aromatic nitrogens is 1. The van der Waals surface area contributed by atoms with Crippen molar-refractivity contribution in [2.45, 2.75) is 63.8 Å². The molecule has 152 valence electrons. The van der Waals surface area contributed by atoms with Crippen molar-refractivity contribution in [2.75, 3.05) is 13.2 Å². The molecule has 2 atom stereocenters. The number of aryl methyl sites for hydroxylation is 1. The third-order valence-corrected chi connectivity index (χ3v) is 7.01. The van der Waals surface area contributed by atoms with E-state index in [-0.39, 0.29) is 18.5 Å². The molecular formula is C24H28N2O3. The van der Waals surface area contributed by atoms with Gasteiger partial charge in [0.1, 0.15) is 0 Å². The van der Waals surface area contributed by atoms with Crippen LogP contribution in [0.25, 0.3) is 10.9 Å². The highest BCUT2D eigenvalue weighted by atomic mass is 16.5. The number of esters is 1. The van der Waals surface area contributed by atoms with Crippen LogP contribution in [0.5, 0.6) is 0 Å². The molecule has 0 N–H and O–H groups in total. The molecule has 0 radical (unpaired) electrons. The number of piperidine rings is 1. The zero-order valence-corrected chi connectivity index (χ0v) is 16.9. The number of ether oxygens (including phenoxy) is 1. The third-order valence-electron chi connectivity index (χ3n) is 7.01. The number of carbonyl (C=O) groups is 2. The van der Waals surface area contributed by atoms with E-state index in [1.54, 1.807) is 0 Å². The van der Waals surface area contributed by atoms with Gasteiger partial charge in [0.05, 0.1) is 11.1 Å². The first-order valence-corrected chi connectivity index (χ1v) is 11.1. The Kier molecular flexibility index (Phi) is 4.98. The van der Waals surface area contributed by atoms with Crippen molar-refractivity contribution >= 4 is 22.8 Å². The number of amides is 1. The lowest BCUT2D eigenvalue weighted by Crippen LogP contribution is -2.50. The molecule has 29 heavy (non-hydrogen) atoms. The summed E-state index contributed by atoms with van der Waals surface area (Å²) < 4.78 is 5.60. The molecule has 0 bridgehead atoms. The van der Waals surface area contributed by atoms with Gasteiger partial charge in [0, 0.05) is 23.7 Å². The minimum Gasteiger partial charge on any atom is -0.452 e. The van der Waals surface area contributed by atoms with Gasteiger partial charge in [-0.15, -0.1) is 0 Å². The Morgan fingerprint density at radius 1 is 1.03 bits per heavy atom. The average molecular weight is 392 g/mol. The van der Waals surface area contributed by atoms with Crippen molar-refractivity contribution in [3.8, 4) is 0 Å². The zero-order chi connectivity index (χ0) is 19.8. The SMILES string of the molecule is O=C(OCC(=O)N1CCC[C@H]2CCCC[C@@H]21)c1c2c(nc3ccccc13)CCC2. The van der Waals surface area contributed by atoms with Gasteiger partial charge < -0.3 is 9.64 Å². The molecule has 0 spiro atoms. The lowest BCUT2D eigenvalue weighted by Gasteiger charge is -2.44. The number of para-hydroxylation sites is 1. The fourth-order valence-corrected chi connectivity index (χ4v) is 5.66. The molecule has 1 saturated carbocycles. The van der Waals surface area contributed by atoms with Crippen LogP contribution in [0.2, 0.25) is 0 Å². The van der Waals surface area contributed by atoms with E-state index in [0.29, 0.717) is 17.5 Å². The molecule has 1 saturated heterocycles. The molecule has 2 heterocycles. The van der Waals surface area contributed by atoms with Gasteiger partial charge in [-0.25, -0.2) is 4.79 Å². The molecule has 1 aromatic carbocycles. The van der Waals surface area contributed by atoms with Gasteiger partial charge in [0.25, 0.3) is 5.91 Å². The van der Waals surface area contributed by atoms with Gasteiger partial charge in [-0.3, -0.25) is 9.78 Å². The average Bonchev–Trinajstić information content (AvgIpc) is 3.23. The van der Waals surface area contributed by atoms with E-state index in [1.807, 2.05) is 29.2 Å². The first-order valence-electron chi connectivity index (χ1n) is 11.1. The van der Waals surface area contributed by atoms with Crippen molar-refractivity contribution in [3.63, 3.8) is 0 Å². The largest absolute Gasteiger partial charge is 0.452 e. The summed E-state index contributed by atoms with van der Waals surface area (Å²) in [5.74, 6) is 0.210. The molecule has 2 aromatic rings. The van der Waals surface area contributed by atoms with Gasteiger partial charge in [-0.2, -0.15) is 0 Å². The number of benzene rings is 1. The first-order chi connectivity index (χ1) is 14.2. The Balaban J connectivity index is 1.34. The third kappa shape index (κ3) is 3.41. The second-order valence-corrected chi connectivity index (χ2v) is 8.70. The maximum absolute atomic E-state index is 13.1. The van der Waals surface area contributed by atoms with Crippen molar-refractivity contribution in [1.29, 1.82) is 0 Å². The summed E-state index contributed by atoms with van der Waals surface area (Å²) in [6, 6.07) is 8.06. The molecule has 5 rings (SSSR count). The summed E-state index contributed by atoms with van der Waals surface area (Å²) in [7, 11) is 0.